The molecule has 0 amide bonds. The molecule has 8 heteroatoms. The fraction of sp³-hybridized carbons (Fsp3) is 0.800. The Morgan fingerprint density at radius 1 is 1.26 bits per heavy atom. The minimum atomic E-state index is -4.75. The third-order valence-electron chi connectivity index (χ3n) is 3.49. The first-order valence-corrected chi connectivity index (χ1v) is 9.26. The molecule has 0 aromatic rings. The minimum absolute atomic E-state index is 0.0453. The van der Waals surface area contributed by atoms with Gasteiger partial charge in [0, 0.05) is 18.6 Å². The van der Waals surface area contributed by atoms with Crippen molar-refractivity contribution in [2.24, 2.45) is 0 Å². The lowest BCUT2D eigenvalue weighted by atomic mass is 10.1. The first kappa shape index (κ1) is 22.0. The molecule has 0 aliphatic rings. The largest absolute Gasteiger partial charge is 0.432 e. The summed E-state index contributed by atoms with van der Waals surface area (Å²) in [6, 6.07) is 0. The highest BCUT2D eigenvalue weighted by atomic mass is 32.2. The molecule has 2 unspecified atom stereocenters. The van der Waals surface area contributed by atoms with Gasteiger partial charge in [0.2, 0.25) is 0 Å². The summed E-state index contributed by atoms with van der Waals surface area (Å²) in [6.45, 7) is 13.1. The van der Waals surface area contributed by atoms with Gasteiger partial charge in [-0.15, -0.1) is 0 Å². The van der Waals surface area contributed by atoms with E-state index in [9.17, 15) is 17.8 Å². The molecule has 0 bridgehead atoms. The molecule has 0 heterocycles. The third kappa shape index (κ3) is 5.27. The lowest BCUT2D eigenvalue weighted by molar-refractivity contribution is -0.181. The monoisotopic (exact) mass is 351 g/mol. The van der Waals surface area contributed by atoms with Crippen molar-refractivity contribution in [3.05, 3.63) is 12.2 Å². The van der Waals surface area contributed by atoms with Crippen molar-refractivity contribution in [1.29, 1.82) is 0 Å². The Morgan fingerprint density at radius 3 is 2.09 bits per heavy atom. The van der Waals surface area contributed by atoms with Crippen molar-refractivity contribution < 1.29 is 27.2 Å². The first-order chi connectivity index (χ1) is 10.6. The molecule has 0 spiro atoms. The number of rotatable bonds is 11. The predicted octanol–water partition coefficient (Wildman–Crippen LogP) is 2.19. The number of carbonyl (C=O) groups is 1. The highest BCUT2D eigenvalue weighted by Crippen LogP contribution is 2.33. The summed E-state index contributed by atoms with van der Waals surface area (Å²) < 4.78 is 45.1. The van der Waals surface area contributed by atoms with Gasteiger partial charge in [-0.2, -0.15) is 8.42 Å². The zero-order valence-electron chi connectivity index (χ0n) is 14.7. The summed E-state index contributed by atoms with van der Waals surface area (Å²) >= 11 is 0. The van der Waals surface area contributed by atoms with E-state index >= 15 is 0 Å². The van der Waals surface area contributed by atoms with Gasteiger partial charge in [-0.05, 0) is 26.9 Å². The van der Waals surface area contributed by atoms with Gasteiger partial charge in [-0.25, -0.2) is 4.79 Å². The summed E-state index contributed by atoms with van der Waals surface area (Å²) in [5.41, 5.74) is 0.0453. The van der Waals surface area contributed by atoms with Crippen molar-refractivity contribution in [1.82, 2.24) is 4.90 Å². The molecule has 0 aromatic heterocycles. The maximum atomic E-state index is 12.2. The van der Waals surface area contributed by atoms with Gasteiger partial charge < -0.3 is 9.47 Å². The average Bonchev–Trinajstić information content (AvgIpc) is 2.45. The van der Waals surface area contributed by atoms with Crippen LogP contribution < -0.4 is 0 Å². The molecule has 0 aromatic carbocycles. The average molecular weight is 351 g/mol. The molecule has 0 radical (unpaired) electrons. The van der Waals surface area contributed by atoms with Crippen molar-refractivity contribution in [2.75, 3.05) is 19.7 Å². The first-order valence-electron chi connectivity index (χ1n) is 7.82. The van der Waals surface area contributed by atoms with Crippen LogP contribution in [0.5, 0.6) is 0 Å². The smallest absolute Gasteiger partial charge is 0.334 e. The molecule has 1 N–H and O–H groups in total. The second kappa shape index (κ2) is 9.36. The topological polar surface area (TPSA) is 93.1 Å². The van der Waals surface area contributed by atoms with Crippen LogP contribution >= 0.6 is 0 Å². The van der Waals surface area contributed by atoms with Crippen LogP contribution in [-0.4, -0.2) is 54.7 Å². The Labute approximate surface area is 139 Å². The van der Waals surface area contributed by atoms with Crippen molar-refractivity contribution in [3.63, 3.8) is 0 Å². The van der Waals surface area contributed by atoms with E-state index in [1.54, 1.807) is 18.7 Å². The van der Waals surface area contributed by atoms with Crippen LogP contribution in [0.15, 0.2) is 12.2 Å². The van der Waals surface area contributed by atoms with E-state index in [-0.39, 0.29) is 18.6 Å². The SMILES string of the molecule is C=C(C)C(=O)OC(CCC)(C(OCC)N(CC)CC)S(=O)(=O)O. The van der Waals surface area contributed by atoms with E-state index in [4.69, 9.17) is 9.47 Å². The van der Waals surface area contributed by atoms with Gasteiger partial charge in [0.15, 0.2) is 6.23 Å². The molecule has 0 rings (SSSR count). The van der Waals surface area contributed by atoms with Crippen molar-refractivity contribution >= 4 is 16.1 Å². The van der Waals surface area contributed by atoms with Gasteiger partial charge in [0.1, 0.15) is 0 Å². The van der Waals surface area contributed by atoms with Gasteiger partial charge in [0.25, 0.3) is 4.93 Å². The second-order valence-corrected chi connectivity index (χ2v) is 6.88. The van der Waals surface area contributed by atoms with Crippen LogP contribution in [0.4, 0.5) is 0 Å². The van der Waals surface area contributed by atoms with E-state index in [0.29, 0.717) is 19.5 Å². The lowest BCUT2D eigenvalue weighted by Gasteiger charge is -2.41. The maximum Gasteiger partial charge on any atom is 0.334 e. The summed E-state index contributed by atoms with van der Waals surface area (Å²) in [4.78, 5) is 11.5. The fourth-order valence-electron chi connectivity index (χ4n) is 2.35. The van der Waals surface area contributed by atoms with E-state index in [2.05, 4.69) is 6.58 Å². The molecular weight excluding hydrogens is 322 g/mol. The Kier molecular flexibility index (Phi) is 8.97. The standard InChI is InChI=1S/C15H29NO6S/c1-7-11-15(23(18,19)20,22-13(17)12(5)6)14(21-10-4)16(8-2)9-3/h14H,5,7-11H2,1-4,6H3,(H,18,19,20). The number of esters is 1. The number of nitrogens with zero attached hydrogens (tertiary/aromatic N) is 1. The van der Waals surface area contributed by atoms with E-state index in [1.807, 2.05) is 13.8 Å². The molecule has 0 fully saturated rings. The molecule has 7 nitrogen and oxygen atoms in total. The fourth-order valence-corrected chi connectivity index (χ4v) is 3.47. The zero-order chi connectivity index (χ0) is 18.3. The van der Waals surface area contributed by atoms with Gasteiger partial charge >= 0.3 is 16.1 Å². The van der Waals surface area contributed by atoms with Gasteiger partial charge in [-0.1, -0.05) is 33.8 Å². The van der Waals surface area contributed by atoms with Crippen LogP contribution in [0.3, 0.4) is 0 Å². The van der Waals surface area contributed by atoms with Crippen LogP contribution in [-0.2, 0) is 24.4 Å². The van der Waals surface area contributed by atoms with Gasteiger partial charge in [-0.3, -0.25) is 9.45 Å². The van der Waals surface area contributed by atoms with Gasteiger partial charge in [0.05, 0.1) is 0 Å². The molecule has 0 saturated heterocycles. The summed E-state index contributed by atoms with van der Waals surface area (Å²) in [7, 11) is -4.75. The van der Waals surface area contributed by atoms with Crippen LogP contribution in [0, 0.1) is 0 Å². The van der Waals surface area contributed by atoms with Crippen molar-refractivity contribution in [2.45, 2.75) is 58.6 Å². The molecule has 0 aliphatic heterocycles. The van der Waals surface area contributed by atoms with Crippen LogP contribution in [0.25, 0.3) is 0 Å². The predicted molar refractivity (Wildman–Crippen MR) is 88.4 cm³/mol. The number of hydrogen-bond acceptors (Lipinski definition) is 6. The summed E-state index contributed by atoms with van der Waals surface area (Å²) in [6.07, 6.45) is -0.833. The molecular formula is C15H29NO6S. The number of hydrogen-bond donors (Lipinski definition) is 1. The normalized spacial score (nSPS) is 16.0. The molecule has 136 valence electrons. The molecule has 2 atom stereocenters. The molecule has 0 saturated carbocycles. The molecule has 0 aliphatic carbocycles. The Morgan fingerprint density at radius 2 is 1.78 bits per heavy atom. The Hall–Kier alpha value is -0.960. The van der Waals surface area contributed by atoms with E-state index in [0.717, 1.165) is 0 Å². The van der Waals surface area contributed by atoms with Crippen molar-refractivity contribution in [3.8, 4) is 0 Å². The number of carbonyl (C=O) groups excluding carboxylic acids is 1. The lowest BCUT2D eigenvalue weighted by Crippen LogP contribution is -2.60. The highest BCUT2D eigenvalue weighted by Gasteiger charge is 2.55. The van der Waals surface area contributed by atoms with Crippen LogP contribution in [0.1, 0.15) is 47.5 Å². The van der Waals surface area contributed by atoms with E-state index < -0.39 is 27.2 Å². The Balaban J connectivity index is 6.22. The quantitative estimate of drug-likeness (QED) is 0.264. The minimum Gasteiger partial charge on any atom is -0.432 e. The summed E-state index contributed by atoms with van der Waals surface area (Å²) in [5, 5.41) is 0. The Bertz CT molecular complexity index is 500. The van der Waals surface area contributed by atoms with E-state index in [1.165, 1.54) is 6.92 Å². The van der Waals surface area contributed by atoms with Crippen LogP contribution in [0.2, 0.25) is 0 Å². The zero-order valence-corrected chi connectivity index (χ0v) is 15.5. The highest BCUT2D eigenvalue weighted by molar-refractivity contribution is 7.87. The second-order valence-electron chi connectivity index (χ2n) is 5.24. The third-order valence-corrected chi connectivity index (χ3v) is 4.86. The number of likely N-dealkylation sites (N-methyl/N-ethyl adjacent to an activating group) is 1. The number of ether oxygens (including phenoxy) is 2. The maximum absolute atomic E-state index is 12.2. The summed E-state index contributed by atoms with van der Waals surface area (Å²) in [5.74, 6) is -0.882. The molecule has 23 heavy (non-hydrogen) atoms.